The number of Topliss-reactive ketones (excluding diaryl/α,β-unsaturated/α-hetero) is 1. The Balaban J connectivity index is 0.000000145. The fourth-order valence-electron chi connectivity index (χ4n) is 7.31. The molecule has 0 saturated heterocycles. The predicted molar refractivity (Wildman–Crippen MR) is 261 cm³/mol. The van der Waals surface area contributed by atoms with Crippen LogP contribution in [0.1, 0.15) is 47.2 Å². The van der Waals surface area contributed by atoms with Gasteiger partial charge in [-0.15, -0.1) is 20.4 Å². The average Bonchev–Trinajstić information content (AvgIpc) is 4.05. The molecule has 3 heterocycles. The third kappa shape index (κ3) is 10.3. The molecule has 0 radical (unpaired) electrons. The van der Waals surface area contributed by atoms with Crippen molar-refractivity contribution in [3.63, 3.8) is 0 Å². The highest BCUT2D eigenvalue weighted by Gasteiger charge is 2.15. The number of aromatic amines is 1. The van der Waals surface area contributed by atoms with Gasteiger partial charge in [0, 0.05) is 16.2 Å². The Morgan fingerprint density at radius 1 is 0.578 bits per heavy atom. The van der Waals surface area contributed by atoms with Gasteiger partial charge < -0.3 is 4.74 Å². The molecule has 6 aromatic carbocycles. The van der Waals surface area contributed by atoms with Gasteiger partial charge >= 0.3 is 5.97 Å². The summed E-state index contributed by atoms with van der Waals surface area (Å²) in [6, 6.07) is 31.9. The number of fused-ring (bicyclic) bond motifs is 3. The summed E-state index contributed by atoms with van der Waals surface area (Å²) >= 11 is 7.98. The van der Waals surface area contributed by atoms with Gasteiger partial charge in [0.2, 0.25) is 0 Å². The second-order valence-corrected chi connectivity index (χ2v) is 17.7. The van der Waals surface area contributed by atoms with Crippen LogP contribution in [-0.2, 0) is 14.3 Å². The van der Waals surface area contributed by atoms with Crippen LogP contribution in [0, 0.1) is 46.3 Å². The maximum atomic E-state index is 11.6. The van der Waals surface area contributed by atoms with Crippen molar-refractivity contribution in [1.29, 1.82) is 0 Å². The van der Waals surface area contributed by atoms with E-state index in [-0.39, 0.29) is 17.5 Å². The van der Waals surface area contributed by atoms with Crippen LogP contribution in [0.2, 0.25) is 0 Å². The molecule has 64 heavy (non-hydrogen) atoms. The molecule has 3 aromatic heterocycles. The van der Waals surface area contributed by atoms with Gasteiger partial charge in [-0.1, -0.05) is 94.8 Å². The fourth-order valence-corrected chi connectivity index (χ4v) is 8.95. The van der Waals surface area contributed by atoms with Gasteiger partial charge in [0.05, 0.1) is 35.2 Å². The quantitative estimate of drug-likeness (QED) is 0.0797. The SMILES string of the molecule is CC(=O)CSc1nncn1-c1ccc(C)c2ccc(C)cc12.CCOC(=O)CSc1nncn1-c1ccc(C)c2ccc(C)cc12.Cc1ccc2c(C)ccc(-n3cn[nH]c3=S)c2c1. The van der Waals surface area contributed by atoms with Crippen LogP contribution in [0.15, 0.2) is 120 Å². The Kier molecular flexibility index (Phi) is 14.5. The number of nitrogens with one attached hydrogen (secondary N) is 1. The van der Waals surface area contributed by atoms with Crippen molar-refractivity contribution in [3.05, 3.63) is 148 Å². The third-order valence-electron chi connectivity index (χ3n) is 10.5. The number of hydrogen-bond donors (Lipinski definition) is 1. The largest absolute Gasteiger partial charge is 0.465 e. The second kappa shape index (κ2) is 20.4. The fraction of sp³-hybridized carbons (Fsp3) is 0.224. The summed E-state index contributed by atoms with van der Waals surface area (Å²) in [5.74, 6) is 0.502. The third-order valence-corrected chi connectivity index (χ3v) is 12.8. The Hall–Kier alpha value is -6.42. The maximum Gasteiger partial charge on any atom is 0.316 e. The second-order valence-electron chi connectivity index (χ2n) is 15.4. The van der Waals surface area contributed by atoms with Gasteiger partial charge in [-0.05, 0) is 137 Å². The summed E-state index contributed by atoms with van der Waals surface area (Å²) in [7, 11) is 0. The normalized spacial score (nSPS) is 11.0. The van der Waals surface area contributed by atoms with E-state index in [2.05, 4.69) is 163 Å². The summed E-state index contributed by atoms with van der Waals surface area (Å²) in [6.07, 6.45) is 5.10. The average molecular weight is 908 g/mol. The zero-order valence-corrected chi connectivity index (χ0v) is 39.5. The number of ketones is 1. The van der Waals surface area contributed by atoms with E-state index in [0.29, 0.717) is 22.3 Å². The molecule has 0 aliphatic rings. The number of carbonyl (C=O) groups excluding carboxylic acids is 2. The Morgan fingerprint density at radius 3 is 1.39 bits per heavy atom. The zero-order chi connectivity index (χ0) is 45.5. The van der Waals surface area contributed by atoms with E-state index in [4.69, 9.17) is 17.0 Å². The van der Waals surface area contributed by atoms with Crippen molar-refractivity contribution in [2.24, 2.45) is 0 Å². The molecule has 1 N–H and O–H groups in total. The van der Waals surface area contributed by atoms with Gasteiger partial charge in [-0.25, -0.2) is 0 Å². The standard InChI is InChI=1S/C18H19N3O2S.C17H17N3OS.C14H13N3S/c1-4-23-17(22)10-24-18-20-19-11-21(18)16-8-6-13(3)14-7-5-12(2)9-15(14)16;1-11-4-6-14-12(2)5-7-16(15(14)8-11)20-10-18-19-17(20)22-9-13(3)21;1-9-3-5-11-10(2)4-6-13(12(11)7-9)17-8-15-16-14(17)18/h5-9,11H,4,10H2,1-3H3;4-8,10H,9H2,1-3H3;3-8H,1-2H3,(H,16,18). The monoisotopic (exact) mass is 907 g/mol. The molecule has 12 nitrogen and oxygen atoms in total. The first-order valence-electron chi connectivity index (χ1n) is 20.7. The Bertz CT molecular complexity index is 3200. The van der Waals surface area contributed by atoms with Crippen molar-refractivity contribution >= 4 is 79.8 Å². The molecule has 9 rings (SSSR count). The molecule has 326 valence electrons. The van der Waals surface area contributed by atoms with Crippen LogP contribution >= 0.6 is 35.7 Å². The number of nitrogens with zero attached hydrogens (tertiary/aromatic N) is 8. The van der Waals surface area contributed by atoms with E-state index in [1.807, 2.05) is 13.7 Å². The number of carbonyl (C=O) groups is 2. The first-order chi connectivity index (χ1) is 30.8. The molecule has 15 heteroatoms. The van der Waals surface area contributed by atoms with Gasteiger partial charge in [0.1, 0.15) is 24.8 Å². The van der Waals surface area contributed by atoms with Crippen molar-refractivity contribution < 1.29 is 14.3 Å². The number of H-pyrrole nitrogens is 1. The van der Waals surface area contributed by atoms with Gasteiger partial charge in [0.25, 0.3) is 0 Å². The first-order valence-corrected chi connectivity index (χ1v) is 23.0. The molecule has 0 spiro atoms. The summed E-state index contributed by atoms with van der Waals surface area (Å²) in [5, 5.41) is 31.7. The van der Waals surface area contributed by atoms with Crippen molar-refractivity contribution in [2.45, 2.75) is 65.7 Å². The van der Waals surface area contributed by atoms with E-state index < -0.39 is 0 Å². The highest BCUT2D eigenvalue weighted by molar-refractivity contribution is 8.00. The highest BCUT2D eigenvalue weighted by Crippen LogP contribution is 2.31. The number of hydrogen-bond acceptors (Lipinski definition) is 11. The minimum atomic E-state index is -0.248. The molecule has 0 fully saturated rings. The van der Waals surface area contributed by atoms with E-state index >= 15 is 0 Å². The molecule has 0 amide bonds. The van der Waals surface area contributed by atoms with Crippen molar-refractivity contribution in [3.8, 4) is 17.1 Å². The number of ether oxygens (including phenoxy) is 1. The topological polar surface area (TPSA) is 138 Å². The maximum absolute atomic E-state index is 11.6. The van der Waals surface area contributed by atoms with Crippen LogP contribution in [0.25, 0.3) is 49.4 Å². The molecule has 0 atom stereocenters. The van der Waals surface area contributed by atoms with Gasteiger partial charge in [0.15, 0.2) is 15.1 Å². The smallest absolute Gasteiger partial charge is 0.316 e. The molecular formula is C49H49N9O3S3. The van der Waals surface area contributed by atoms with E-state index in [0.717, 1.165) is 27.6 Å². The first kappa shape index (κ1) is 45.6. The molecule has 0 saturated carbocycles. The molecule has 0 unspecified atom stereocenters. The van der Waals surface area contributed by atoms with E-state index in [9.17, 15) is 9.59 Å². The van der Waals surface area contributed by atoms with Crippen LogP contribution < -0.4 is 0 Å². The number of thioether (sulfide) groups is 2. The highest BCUT2D eigenvalue weighted by atomic mass is 32.2. The minimum Gasteiger partial charge on any atom is -0.465 e. The molecule has 9 aromatic rings. The van der Waals surface area contributed by atoms with E-state index in [1.54, 1.807) is 32.8 Å². The molecular weight excluding hydrogens is 859 g/mol. The van der Waals surface area contributed by atoms with Crippen LogP contribution in [-0.4, -0.2) is 74.2 Å². The molecule has 0 aliphatic carbocycles. The Morgan fingerprint density at radius 2 is 1.00 bits per heavy atom. The molecule has 0 bridgehead atoms. The minimum absolute atomic E-state index is 0.129. The van der Waals surface area contributed by atoms with Crippen molar-refractivity contribution in [1.82, 2.24) is 44.3 Å². The van der Waals surface area contributed by atoms with E-state index in [1.165, 1.54) is 83.8 Å². The summed E-state index contributed by atoms with van der Waals surface area (Å²) in [5.41, 5.74) is 10.5. The predicted octanol–water partition coefficient (Wildman–Crippen LogP) is 11.1. The molecule has 0 aliphatic heterocycles. The van der Waals surface area contributed by atoms with Crippen molar-refractivity contribution in [2.75, 3.05) is 18.1 Å². The van der Waals surface area contributed by atoms with Gasteiger partial charge in [-0.3, -0.25) is 28.4 Å². The summed E-state index contributed by atoms with van der Waals surface area (Å²) < 4.78 is 11.4. The summed E-state index contributed by atoms with van der Waals surface area (Å²) in [4.78, 5) is 22.8. The number of benzene rings is 6. The zero-order valence-electron chi connectivity index (χ0n) is 37.0. The lowest BCUT2D eigenvalue weighted by molar-refractivity contribution is -0.139. The summed E-state index contributed by atoms with van der Waals surface area (Å²) in [6.45, 7) is 16.4. The number of aromatic nitrogens is 9. The lowest BCUT2D eigenvalue weighted by atomic mass is 10.0. The van der Waals surface area contributed by atoms with Gasteiger partial charge in [-0.2, -0.15) is 5.10 Å². The van der Waals surface area contributed by atoms with Crippen LogP contribution in [0.4, 0.5) is 0 Å². The number of rotatable bonds is 10. The Labute approximate surface area is 385 Å². The lowest BCUT2D eigenvalue weighted by Crippen LogP contribution is -2.07. The van der Waals surface area contributed by atoms with Crippen LogP contribution in [0.3, 0.4) is 0 Å². The lowest BCUT2D eigenvalue weighted by Gasteiger charge is -2.12. The number of aryl methyl sites for hydroxylation is 6. The van der Waals surface area contributed by atoms with Crippen LogP contribution in [0.5, 0.6) is 0 Å². The number of esters is 1.